The summed E-state index contributed by atoms with van der Waals surface area (Å²) in [6.07, 6.45) is 1.61. The molecule has 2 aromatic rings. The Kier molecular flexibility index (Phi) is 5.39. The maximum atomic E-state index is 11.3. The highest BCUT2D eigenvalue weighted by Crippen LogP contribution is 2.21. The summed E-state index contributed by atoms with van der Waals surface area (Å²) in [4.78, 5) is 18.4. The van der Waals surface area contributed by atoms with E-state index >= 15 is 0 Å². The molecule has 0 radical (unpaired) electrons. The van der Waals surface area contributed by atoms with E-state index in [9.17, 15) is 4.79 Å². The quantitative estimate of drug-likeness (QED) is 0.888. The average molecular weight is 362 g/mol. The largest absolute Gasteiger partial charge is 0.369 e. The second kappa shape index (κ2) is 7.54. The Morgan fingerprint density at radius 1 is 1.28 bits per heavy atom. The van der Waals surface area contributed by atoms with Gasteiger partial charge in [-0.2, -0.15) is 5.10 Å². The topological polar surface area (TPSA) is 77.0 Å². The molecule has 0 unspecified atom stereocenters. The van der Waals surface area contributed by atoms with E-state index in [1.807, 2.05) is 28.9 Å². The first-order valence-electron chi connectivity index (χ1n) is 8.67. The van der Waals surface area contributed by atoms with E-state index in [-0.39, 0.29) is 17.7 Å². The van der Waals surface area contributed by atoms with E-state index in [1.165, 1.54) is 0 Å². The van der Waals surface area contributed by atoms with Gasteiger partial charge in [-0.1, -0.05) is 25.4 Å². The zero-order valence-electron chi connectivity index (χ0n) is 14.7. The van der Waals surface area contributed by atoms with Gasteiger partial charge in [0.1, 0.15) is 5.82 Å². The molecule has 0 aliphatic carbocycles. The Morgan fingerprint density at radius 3 is 2.48 bits per heavy atom. The summed E-state index contributed by atoms with van der Waals surface area (Å²) in [6, 6.07) is 7.61. The van der Waals surface area contributed by atoms with Crippen molar-refractivity contribution in [1.82, 2.24) is 19.7 Å². The number of hydrogen-bond acceptors (Lipinski definition) is 4. The zero-order chi connectivity index (χ0) is 18.0. The molecular weight excluding hydrogens is 338 g/mol. The van der Waals surface area contributed by atoms with Gasteiger partial charge < -0.3 is 5.73 Å². The van der Waals surface area contributed by atoms with Crippen molar-refractivity contribution >= 4 is 17.5 Å². The summed E-state index contributed by atoms with van der Waals surface area (Å²) in [5.74, 6) is 1.80. The van der Waals surface area contributed by atoms with Gasteiger partial charge in [0.25, 0.3) is 0 Å². The number of amides is 1. The van der Waals surface area contributed by atoms with Crippen LogP contribution in [0.1, 0.15) is 44.3 Å². The number of primary amides is 1. The Labute approximate surface area is 153 Å². The predicted molar refractivity (Wildman–Crippen MR) is 97.7 cm³/mol. The second-order valence-electron chi connectivity index (χ2n) is 6.88. The van der Waals surface area contributed by atoms with Crippen LogP contribution < -0.4 is 5.73 Å². The number of piperidine rings is 1. The van der Waals surface area contributed by atoms with Gasteiger partial charge in [-0.3, -0.25) is 9.69 Å². The van der Waals surface area contributed by atoms with Crippen molar-refractivity contribution < 1.29 is 4.79 Å². The monoisotopic (exact) mass is 361 g/mol. The average Bonchev–Trinajstić information content (AvgIpc) is 3.00. The van der Waals surface area contributed by atoms with Crippen molar-refractivity contribution in [2.45, 2.75) is 39.2 Å². The van der Waals surface area contributed by atoms with Crippen molar-refractivity contribution in [3.63, 3.8) is 0 Å². The molecule has 6 nitrogen and oxygen atoms in total. The molecule has 1 aromatic heterocycles. The number of nitrogens with two attached hydrogens (primary N) is 1. The normalized spacial score (nSPS) is 16.5. The third-order valence-electron chi connectivity index (χ3n) is 4.63. The van der Waals surface area contributed by atoms with E-state index in [2.05, 4.69) is 23.8 Å². The number of hydrogen-bond donors (Lipinski definition) is 1. The second-order valence-corrected chi connectivity index (χ2v) is 7.32. The van der Waals surface area contributed by atoms with Gasteiger partial charge in [0.05, 0.1) is 12.2 Å². The molecule has 3 rings (SSSR count). The summed E-state index contributed by atoms with van der Waals surface area (Å²) in [7, 11) is 0. The van der Waals surface area contributed by atoms with Crippen molar-refractivity contribution in [2.24, 2.45) is 11.7 Å². The third-order valence-corrected chi connectivity index (χ3v) is 4.89. The molecule has 2 heterocycles. The highest BCUT2D eigenvalue weighted by atomic mass is 35.5. The van der Waals surface area contributed by atoms with Crippen LogP contribution in [-0.2, 0) is 11.3 Å². The number of carbonyl (C=O) groups excluding carboxylic acids is 1. The molecule has 7 heteroatoms. The fraction of sp³-hybridized carbons (Fsp3) is 0.500. The lowest BCUT2D eigenvalue weighted by molar-refractivity contribution is -0.123. The van der Waals surface area contributed by atoms with Crippen molar-refractivity contribution in [2.75, 3.05) is 13.1 Å². The van der Waals surface area contributed by atoms with Crippen LogP contribution in [0.3, 0.4) is 0 Å². The van der Waals surface area contributed by atoms with Crippen LogP contribution in [0.5, 0.6) is 0 Å². The van der Waals surface area contributed by atoms with E-state index in [4.69, 9.17) is 22.3 Å². The van der Waals surface area contributed by atoms with Gasteiger partial charge in [-0.05, 0) is 50.2 Å². The fourth-order valence-electron chi connectivity index (χ4n) is 3.07. The van der Waals surface area contributed by atoms with E-state index in [0.29, 0.717) is 11.6 Å². The maximum Gasteiger partial charge on any atom is 0.220 e. The number of aromatic nitrogens is 3. The highest BCUT2D eigenvalue weighted by molar-refractivity contribution is 6.30. The minimum atomic E-state index is -0.189. The molecule has 0 atom stereocenters. The molecule has 1 aliphatic heterocycles. The molecule has 1 aliphatic rings. The molecule has 1 amide bonds. The van der Waals surface area contributed by atoms with Gasteiger partial charge in [0.15, 0.2) is 5.82 Å². The highest BCUT2D eigenvalue weighted by Gasteiger charge is 2.25. The first-order valence-corrected chi connectivity index (χ1v) is 9.05. The van der Waals surface area contributed by atoms with Crippen molar-refractivity contribution in [3.8, 4) is 5.69 Å². The number of nitrogens with zero attached hydrogens (tertiary/aromatic N) is 4. The van der Waals surface area contributed by atoms with Gasteiger partial charge in [-0.15, -0.1) is 0 Å². The lowest BCUT2D eigenvalue weighted by Gasteiger charge is -2.30. The Balaban J connectivity index is 1.80. The number of halogens is 1. The molecule has 134 valence electrons. The standard InChI is InChI=1S/C18H24ClN5O/c1-12(2)18-21-16(11-23-9-7-13(8-10-23)17(20)25)24(22-18)15-5-3-14(19)4-6-15/h3-6,12-13H,7-11H2,1-2H3,(H2,20,25). The maximum absolute atomic E-state index is 11.3. The molecule has 0 bridgehead atoms. The van der Waals surface area contributed by atoms with Crippen LogP contribution in [0.2, 0.25) is 5.02 Å². The van der Waals surface area contributed by atoms with E-state index < -0.39 is 0 Å². The number of carbonyl (C=O) groups is 1. The molecule has 2 N–H and O–H groups in total. The Morgan fingerprint density at radius 2 is 1.92 bits per heavy atom. The zero-order valence-corrected chi connectivity index (χ0v) is 15.4. The molecule has 0 saturated carbocycles. The van der Waals surface area contributed by atoms with Crippen LogP contribution in [0.25, 0.3) is 5.69 Å². The summed E-state index contributed by atoms with van der Waals surface area (Å²) in [5, 5.41) is 5.38. The van der Waals surface area contributed by atoms with Crippen LogP contribution in [-0.4, -0.2) is 38.7 Å². The van der Waals surface area contributed by atoms with Crippen molar-refractivity contribution in [3.05, 3.63) is 40.9 Å². The number of benzene rings is 1. The molecule has 0 spiro atoms. The summed E-state index contributed by atoms with van der Waals surface area (Å²) in [6.45, 7) is 6.57. The molecule has 1 saturated heterocycles. The Hall–Kier alpha value is -1.92. The molecule has 1 fully saturated rings. The van der Waals surface area contributed by atoms with Gasteiger partial charge in [0.2, 0.25) is 5.91 Å². The van der Waals surface area contributed by atoms with Crippen molar-refractivity contribution in [1.29, 1.82) is 0 Å². The van der Waals surface area contributed by atoms with Crippen LogP contribution in [0.4, 0.5) is 0 Å². The molecular formula is C18H24ClN5O. The summed E-state index contributed by atoms with van der Waals surface area (Å²) >= 11 is 6.00. The SMILES string of the molecule is CC(C)c1nc(CN2CCC(C(N)=O)CC2)n(-c2ccc(Cl)cc2)n1. The fourth-order valence-corrected chi connectivity index (χ4v) is 3.20. The number of likely N-dealkylation sites (tertiary alicyclic amines) is 1. The predicted octanol–water partition coefficient (Wildman–Crippen LogP) is 2.74. The van der Waals surface area contributed by atoms with Gasteiger partial charge in [0, 0.05) is 16.9 Å². The van der Waals surface area contributed by atoms with Gasteiger partial charge >= 0.3 is 0 Å². The summed E-state index contributed by atoms with van der Waals surface area (Å²) < 4.78 is 1.89. The summed E-state index contributed by atoms with van der Waals surface area (Å²) in [5.41, 5.74) is 6.37. The lowest BCUT2D eigenvalue weighted by atomic mass is 9.96. The van der Waals surface area contributed by atoms with Crippen LogP contribution in [0, 0.1) is 5.92 Å². The molecule has 25 heavy (non-hydrogen) atoms. The minimum Gasteiger partial charge on any atom is -0.369 e. The van der Waals surface area contributed by atoms with Crippen LogP contribution in [0.15, 0.2) is 24.3 Å². The van der Waals surface area contributed by atoms with Crippen LogP contribution >= 0.6 is 11.6 Å². The lowest BCUT2D eigenvalue weighted by Crippen LogP contribution is -2.38. The first-order chi connectivity index (χ1) is 11.9. The minimum absolute atomic E-state index is 0.00314. The van der Waals surface area contributed by atoms with Gasteiger partial charge in [-0.25, -0.2) is 9.67 Å². The van der Waals surface area contributed by atoms with E-state index in [0.717, 1.165) is 43.3 Å². The third kappa shape index (κ3) is 4.19. The molecule has 1 aromatic carbocycles. The van der Waals surface area contributed by atoms with E-state index in [1.54, 1.807) is 0 Å². The number of rotatable bonds is 5. The smallest absolute Gasteiger partial charge is 0.220 e. The Bertz CT molecular complexity index is 732. The first kappa shape index (κ1) is 17.9.